The Morgan fingerprint density at radius 2 is 2.13 bits per heavy atom. The molecule has 0 saturated heterocycles. The normalized spacial score (nSPS) is 26.2. The van der Waals surface area contributed by atoms with Gasteiger partial charge in [-0.05, 0) is 37.3 Å². The summed E-state index contributed by atoms with van der Waals surface area (Å²) in [5.74, 6) is -1.82. The number of nitrogens with zero attached hydrogens (tertiary/aromatic N) is 2. The first kappa shape index (κ1) is 22.5. The van der Waals surface area contributed by atoms with Crippen LogP contribution in [0.5, 0.6) is 0 Å². The van der Waals surface area contributed by atoms with Gasteiger partial charge in [-0.15, -0.1) is 0 Å². The second-order valence-electron chi connectivity index (χ2n) is 7.31. The van der Waals surface area contributed by atoms with Crippen LogP contribution in [0.1, 0.15) is 29.9 Å². The van der Waals surface area contributed by atoms with Crippen LogP contribution in [0.25, 0.3) is 0 Å². The molecule has 1 aliphatic rings. The van der Waals surface area contributed by atoms with E-state index in [-0.39, 0.29) is 28.7 Å². The Bertz CT molecular complexity index is 991. The molecule has 2 aromatic rings. The number of benzene rings is 1. The molecule has 1 aliphatic heterocycles. The summed E-state index contributed by atoms with van der Waals surface area (Å²) in [6.07, 6.45) is 1.33. The van der Waals surface area contributed by atoms with Crippen molar-refractivity contribution in [2.24, 2.45) is 16.6 Å². The standard InChI is InChI=1S/C20H21ClF2N4O2S/c1-11-19(2,10-28)30-18(24)27-20(11,9-22)14-7-13(4-5-15(14)23)26-17(29)16-6-3-12(21)8-25-16/h3-8,11,28H,9-10H2,1-2H3,(H2,24,27)(H,26,29)/t11-,19-,20+/m1/s1. The van der Waals surface area contributed by atoms with Crippen molar-refractivity contribution in [1.29, 1.82) is 0 Å². The number of aliphatic imine (C=N–C) groups is 1. The third-order valence-corrected chi connectivity index (χ3v) is 6.92. The van der Waals surface area contributed by atoms with Gasteiger partial charge in [0.05, 0.1) is 11.6 Å². The third-order valence-electron chi connectivity index (χ3n) is 5.45. The first-order chi connectivity index (χ1) is 14.1. The number of hydrogen-bond donors (Lipinski definition) is 3. The van der Waals surface area contributed by atoms with Gasteiger partial charge in [-0.1, -0.05) is 30.3 Å². The fourth-order valence-corrected chi connectivity index (χ4v) is 4.70. The molecule has 4 N–H and O–H groups in total. The lowest BCUT2D eigenvalue weighted by atomic mass is 9.73. The van der Waals surface area contributed by atoms with Crippen molar-refractivity contribution in [3.8, 4) is 0 Å². The molecule has 3 rings (SSSR count). The van der Waals surface area contributed by atoms with Crippen molar-refractivity contribution < 1.29 is 18.7 Å². The van der Waals surface area contributed by atoms with Crippen LogP contribution in [-0.4, -0.2) is 39.2 Å². The second kappa shape index (κ2) is 8.49. The van der Waals surface area contributed by atoms with Crippen LogP contribution < -0.4 is 11.1 Å². The van der Waals surface area contributed by atoms with Crippen LogP contribution in [0.3, 0.4) is 0 Å². The number of carbonyl (C=O) groups is 1. The fourth-order valence-electron chi connectivity index (χ4n) is 3.47. The minimum absolute atomic E-state index is 0.0534. The number of aromatic nitrogens is 1. The van der Waals surface area contributed by atoms with Gasteiger partial charge in [0, 0.05) is 28.1 Å². The summed E-state index contributed by atoms with van der Waals surface area (Å²) >= 11 is 6.91. The number of anilines is 1. The van der Waals surface area contributed by atoms with Crippen LogP contribution in [-0.2, 0) is 5.54 Å². The number of pyridine rings is 1. The molecule has 0 spiro atoms. The minimum atomic E-state index is -1.64. The van der Waals surface area contributed by atoms with Crippen molar-refractivity contribution in [1.82, 2.24) is 4.98 Å². The van der Waals surface area contributed by atoms with Gasteiger partial charge in [-0.3, -0.25) is 4.79 Å². The summed E-state index contributed by atoms with van der Waals surface area (Å²) in [5, 5.41) is 12.9. The molecule has 10 heteroatoms. The fraction of sp³-hybridized carbons (Fsp3) is 0.350. The molecular formula is C20H21ClF2N4O2S. The Morgan fingerprint density at radius 3 is 2.73 bits per heavy atom. The van der Waals surface area contributed by atoms with Crippen molar-refractivity contribution in [2.45, 2.75) is 24.1 Å². The number of aliphatic hydroxyl groups excluding tert-OH is 1. The topological polar surface area (TPSA) is 101 Å². The number of amidine groups is 1. The van der Waals surface area contributed by atoms with E-state index in [0.717, 1.165) is 17.8 Å². The highest BCUT2D eigenvalue weighted by Crippen LogP contribution is 2.50. The largest absolute Gasteiger partial charge is 0.395 e. The van der Waals surface area contributed by atoms with Gasteiger partial charge in [-0.25, -0.2) is 18.8 Å². The van der Waals surface area contributed by atoms with E-state index in [1.807, 2.05) is 0 Å². The molecule has 0 radical (unpaired) electrons. The van der Waals surface area contributed by atoms with Crippen molar-refractivity contribution >= 4 is 40.1 Å². The summed E-state index contributed by atoms with van der Waals surface area (Å²) in [6, 6.07) is 6.80. The molecule has 0 unspecified atom stereocenters. The van der Waals surface area contributed by atoms with Crippen molar-refractivity contribution in [3.63, 3.8) is 0 Å². The number of rotatable bonds is 5. The van der Waals surface area contributed by atoms with Gasteiger partial charge in [0.15, 0.2) is 5.17 Å². The molecule has 160 valence electrons. The molecule has 0 aliphatic carbocycles. The summed E-state index contributed by atoms with van der Waals surface area (Å²) in [5.41, 5.74) is 4.58. The summed E-state index contributed by atoms with van der Waals surface area (Å²) in [6.45, 7) is 2.10. The lowest BCUT2D eigenvalue weighted by Crippen LogP contribution is -2.53. The predicted molar refractivity (Wildman–Crippen MR) is 115 cm³/mol. The van der Waals surface area contributed by atoms with Gasteiger partial charge < -0.3 is 16.2 Å². The van der Waals surface area contributed by atoms with Crippen LogP contribution in [0.15, 0.2) is 41.5 Å². The Hall–Kier alpha value is -2.23. The number of aliphatic hydroxyl groups is 1. The Morgan fingerprint density at radius 1 is 1.40 bits per heavy atom. The second-order valence-corrected chi connectivity index (χ2v) is 9.30. The molecule has 30 heavy (non-hydrogen) atoms. The number of nitrogens with one attached hydrogen (secondary N) is 1. The van der Waals surface area contributed by atoms with Gasteiger partial charge in [-0.2, -0.15) is 0 Å². The molecule has 0 fully saturated rings. The monoisotopic (exact) mass is 454 g/mol. The van der Waals surface area contributed by atoms with E-state index in [1.165, 1.54) is 30.5 Å². The third kappa shape index (κ3) is 4.01. The highest BCUT2D eigenvalue weighted by Gasteiger charge is 2.52. The zero-order chi connectivity index (χ0) is 22.1. The average Bonchev–Trinajstić information content (AvgIpc) is 2.72. The smallest absolute Gasteiger partial charge is 0.274 e. The molecule has 1 aromatic carbocycles. The van der Waals surface area contributed by atoms with Gasteiger partial charge >= 0.3 is 0 Å². The number of thioether (sulfide) groups is 1. The Kier molecular flexibility index (Phi) is 6.35. The molecule has 2 heterocycles. The van der Waals surface area contributed by atoms with Gasteiger partial charge in [0.2, 0.25) is 0 Å². The highest BCUT2D eigenvalue weighted by atomic mass is 35.5. The van der Waals surface area contributed by atoms with Gasteiger partial charge in [0.1, 0.15) is 23.7 Å². The average molecular weight is 455 g/mol. The van der Waals surface area contributed by atoms with E-state index in [9.17, 15) is 18.7 Å². The lowest BCUT2D eigenvalue weighted by Gasteiger charge is -2.47. The molecule has 0 saturated carbocycles. The van der Waals surface area contributed by atoms with Crippen LogP contribution in [0.4, 0.5) is 14.5 Å². The molecule has 3 atom stereocenters. The number of carbonyl (C=O) groups excluding carboxylic acids is 1. The summed E-state index contributed by atoms with van der Waals surface area (Å²) in [7, 11) is 0. The maximum absolute atomic E-state index is 14.9. The zero-order valence-electron chi connectivity index (χ0n) is 16.3. The number of nitrogens with two attached hydrogens (primary N) is 1. The minimum Gasteiger partial charge on any atom is -0.395 e. The van der Waals surface area contributed by atoms with Gasteiger partial charge in [0.25, 0.3) is 5.91 Å². The van der Waals surface area contributed by atoms with Crippen molar-refractivity contribution in [3.05, 3.63) is 58.6 Å². The summed E-state index contributed by atoms with van der Waals surface area (Å²) < 4.78 is 28.5. The van der Waals surface area contributed by atoms with E-state index >= 15 is 0 Å². The van der Waals surface area contributed by atoms with E-state index < -0.39 is 34.6 Å². The van der Waals surface area contributed by atoms with Crippen LogP contribution in [0.2, 0.25) is 5.02 Å². The number of halogens is 3. The lowest BCUT2D eigenvalue weighted by molar-refractivity contribution is 0.102. The van der Waals surface area contributed by atoms with E-state index in [1.54, 1.807) is 13.8 Å². The maximum Gasteiger partial charge on any atom is 0.274 e. The molecular weight excluding hydrogens is 434 g/mol. The quantitative estimate of drug-likeness (QED) is 0.639. The molecule has 6 nitrogen and oxygen atoms in total. The predicted octanol–water partition coefficient (Wildman–Crippen LogP) is 3.74. The SMILES string of the molecule is C[C@@H]1[C@@](C)(CO)SC(N)=N[C@]1(CF)c1cc(NC(=O)c2ccc(Cl)cn2)ccc1F. The van der Waals surface area contributed by atoms with Crippen LogP contribution in [0, 0.1) is 11.7 Å². The first-order valence-electron chi connectivity index (χ1n) is 9.09. The Balaban J connectivity index is 2.02. The molecule has 0 bridgehead atoms. The Labute approximate surface area is 181 Å². The molecule has 1 aromatic heterocycles. The summed E-state index contributed by atoms with van der Waals surface area (Å²) in [4.78, 5) is 20.7. The van der Waals surface area contributed by atoms with Crippen molar-refractivity contribution in [2.75, 3.05) is 18.6 Å². The number of hydrogen-bond acceptors (Lipinski definition) is 6. The first-order valence-corrected chi connectivity index (χ1v) is 10.3. The molecule has 1 amide bonds. The zero-order valence-corrected chi connectivity index (χ0v) is 17.9. The van der Waals surface area contributed by atoms with E-state index in [4.69, 9.17) is 17.3 Å². The van der Waals surface area contributed by atoms with E-state index in [0.29, 0.717) is 5.02 Å². The number of amides is 1. The van der Waals surface area contributed by atoms with Crippen LogP contribution >= 0.6 is 23.4 Å². The number of alkyl halides is 1. The highest BCUT2D eigenvalue weighted by molar-refractivity contribution is 8.15. The van der Waals surface area contributed by atoms with E-state index in [2.05, 4.69) is 15.3 Å². The maximum atomic E-state index is 14.9.